The maximum Gasteiger partial charge on any atom is 0.140 e. The van der Waals surface area contributed by atoms with E-state index < -0.39 is 0 Å². The van der Waals surface area contributed by atoms with Crippen molar-refractivity contribution in [1.82, 2.24) is 10.3 Å². The van der Waals surface area contributed by atoms with Crippen LogP contribution in [0.1, 0.15) is 30.5 Å². The Morgan fingerprint density at radius 3 is 2.78 bits per heavy atom. The van der Waals surface area contributed by atoms with Crippen molar-refractivity contribution >= 4 is 12.4 Å². The van der Waals surface area contributed by atoms with Crippen molar-refractivity contribution in [3.63, 3.8) is 0 Å². The van der Waals surface area contributed by atoms with Crippen LogP contribution in [-0.4, -0.2) is 24.7 Å². The Balaban J connectivity index is 0.00000192. The predicted octanol–water partition coefficient (Wildman–Crippen LogP) is 3.84. The van der Waals surface area contributed by atoms with E-state index in [1.54, 1.807) is 0 Å². The lowest BCUT2D eigenvalue weighted by Gasteiger charge is -2.32. The quantitative estimate of drug-likeness (QED) is 0.903. The normalized spacial score (nSPS) is 20.6. The van der Waals surface area contributed by atoms with Crippen molar-refractivity contribution in [2.75, 3.05) is 19.7 Å². The average Bonchev–Trinajstić information content (AvgIpc) is 2.61. The summed E-state index contributed by atoms with van der Waals surface area (Å²) in [5.41, 5.74) is 2.47. The van der Waals surface area contributed by atoms with Crippen LogP contribution in [-0.2, 0) is 6.42 Å². The summed E-state index contributed by atoms with van der Waals surface area (Å²) in [4.78, 5) is 4.40. The van der Waals surface area contributed by atoms with Gasteiger partial charge in [-0.3, -0.25) is 4.98 Å². The van der Waals surface area contributed by atoms with E-state index in [2.05, 4.69) is 47.6 Å². The fourth-order valence-electron chi connectivity index (χ4n) is 3.25. The third kappa shape index (κ3) is 4.46. The highest BCUT2D eigenvalue weighted by Crippen LogP contribution is 2.31. The Kier molecular flexibility index (Phi) is 6.87. The van der Waals surface area contributed by atoms with Gasteiger partial charge in [-0.1, -0.05) is 37.3 Å². The van der Waals surface area contributed by atoms with Gasteiger partial charge in [-0.2, -0.15) is 0 Å². The van der Waals surface area contributed by atoms with Crippen molar-refractivity contribution in [3.8, 4) is 5.75 Å². The first-order chi connectivity index (χ1) is 10.9. The van der Waals surface area contributed by atoms with Gasteiger partial charge in [-0.05, 0) is 43.0 Å². The molecular formula is C19H25ClN2O. The zero-order chi connectivity index (χ0) is 15.2. The lowest BCUT2D eigenvalue weighted by Crippen LogP contribution is -2.38. The summed E-state index contributed by atoms with van der Waals surface area (Å²) >= 11 is 0. The number of nitrogens with zero attached hydrogens (tertiary/aromatic N) is 1. The molecule has 1 aliphatic rings. The van der Waals surface area contributed by atoms with E-state index in [0.717, 1.165) is 37.6 Å². The van der Waals surface area contributed by atoms with Crippen LogP contribution >= 0.6 is 12.4 Å². The molecule has 1 aliphatic heterocycles. The van der Waals surface area contributed by atoms with Gasteiger partial charge in [0.25, 0.3) is 0 Å². The minimum atomic E-state index is 0. The van der Waals surface area contributed by atoms with Gasteiger partial charge in [0.1, 0.15) is 5.75 Å². The zero-order valence-electron chi connectivity index (χ0n) is 13.6. The van der Waals surface area contributed by atoms with E-state index in [4.69, 9.17) is 4.74 Å². The molecule has 1 saturated heterocycles. The minimum Gasteiger partial charge on any atom is -0.491 e. The zero-order valence-corrected chi connectivity index (χ0v) is 14.4. The van der Waals surface area contributed by atoms with Crippen molar-refractivity contribution in [1.29, 1.82) is 0 Å². The van der Waals surface area contributed by atoms with Crippen LogP contribution in [0.3, 0.4) is 0 Å². The molecule has 0 saturated carbocycles. The van der Waals surface area contributed by atoms with Gasteiger partial charge in [0.05, 0.1) is 12.3 Å². The Hall–Kier alpha value is -1.58. The third-order valence-corrected chi connectivity index (χ3v) is 4.47. The van der Waals surface area contributed by atoms with Gasteiger partial charge in [-0.15, -0.1) is 12.4 Å². The van der Waals surface area contributed by atoms with Gasteiger partial charge in [0.15, 0.2) is 0 Å². The lowest BCUT2D eigenvalue weighted by molar-refractivity contribution is 0.195. The second kappa shape index (κ2) is 8.90. The van der Waals surface area contributed by atoms with E-state index in [9.17, 15) is 0 Å². The predicted molar refractivity (Wildman–Crippen MR) is 96.5 cm³/mol. The highest BCUT2D eigenvalue weighted by atomic mass is 35.5. The molecule has 23 heavy (non-hydrogen) atoms. The molecule has 1 fully saturated rings. The first kappa shape index (κ1) is 17.8. The van der Waals surface area contributed by atoms with Crippen LogP contribution in [0.4, 0.5) is 0 Å². The number of aryl methyl sites for hydroxylation is 1. The number of aromatic nitrogens is 1. The van der Waals surface area contributed by atoms with Crippen LogP contribution < -0.4 is 10.1 Å². The Labute approximate surface area is 144 Å². The number of hydrogen-bond donors (Lipinski definition) is 1. The van der Waals surface area contributed by atoms with Gasteiger partial charge in [0, 0.05) is 18.7 Å². The maximum atomic E-state index is 6.12. The summed E-state index contributed by atoms with van der Waals surface area (Å²) in [5.74, 6) is 2.01. The van der Waals surface area contributed by atoms with E-state index >= 15 is 0 Å². The van der Waals surface area contributed by atoms with Crippen LogP contribution in [0, 0.1) is 5.92 Å². The second-order valence-corrected chi connectivity index (χ2v) is 5.88. The van der Waals surface area contributed by atoms with Crippen LogP contribution in [0.15, 0.2) is 48.7 Å². The number of benzene rings is 1. The molecule has 0 bridgehead atoms. The number of nitrogens with one attached hydrogen (secondary N) is 1. The van der Waals surface area contributed by atoms with Gasteiger partial charge < -0.3 is 10.1 Å². The molecule has 2 aromatic rings. The van der Waals surface area contributed by atoms with E-state index in [0.29, 0.717) is 11.8 Å². The van der Waals surface area contributed by atoms with Crippen molar-refractivity contribution in [3.05, 3.63) is 59.9 Å². The minimum absolute atomic E-state index is 0. The highest BCUT2D eigenvalue weighted by Gasteiger charge is 2.27. The largest absolute Gasteiger partial charge is 0.491 e. The number of rotatable bonds is 5. The van der Waals surface area contributed by atoms with Crippen LogP contribution in [0.2, 0.25) is 0 Å². The number of ether oxygens (including phenoxy) is 1. The summed E-state index contributed by atoms with van der Waals surface area (Å²) in [6.45, 7) is 4.96. The highest BCUT2D eigenvalue weighted by molar-refractivity contribution is 5.85. The molecule has 4 heteroatoms. The molecule has 0 aliphatic carbocycles. The number of halogens is 1. The van der Waals surface area contributed by atoms with Crippen LogP contribution in [0.25, 0.3) is 0 Å². The molecule has 0 spiro atoms. The lowest BCUT2D eigenvalue weighted by atomic mass is 9.81. The Morgan fingerprint density at radius 1 is 1.17 bits per heavy atom. The molecule has 1 N–H and O–H groups in total. The Bertz CT molecular complexity index is 591. The first-order valence-electron chi connectivity index (χ1n) is 8.21. The topological polar surface area (TPSA) is 34.1 Å². The maximum absolute atomic E-state index is 6.12. The standard InChI is InChI=1S/C19H24N2O.ClH/c1-2-18-19(9-6-11-21-18)22-14-16-13-20-12-10-17(16)15-7-4-3-5-8-15;/h3-9,11,16-17,20H,2,10,12-14H2,1H3;1H/t16-,17-;/m1./s1. The fraction of sp³-hybridized carbons (Fsp3) is 0.421. The van der Waals surface area contributed by atoms with Crippen LogP contribution in [0.5, 0.6) is 5.75 Å². The first-order valence-corrected chi connectivity index (χ1v) is 8.21. The van der Waals surface area contributed by atoms with E-state index in [1.165, 1.54) is 12.0 Å². The Morgan fingerprint density at radius 2 is 2.00 bits per heavy atom. The van der Waals surface area contributed by atoms with Gasteiger partial charge in [0.2, 0.25) is 0 Å². The molecule has 0 amide bonds. The SMILES string of the molecule is CCc1ncccc1OC[C@H]1CNCC[C@@H]1c1ccccc1.Cl. The molecule has 0 radical (unpaired) electrons. The third-order valence-electron chi connectivity index (χ3n) is 4.47. The summed E-state index contributed by atoms with van der Waals surface area (Å²) in [5, 5.41) is 3.50. The number of pyridine rings is 1. The van der Waals surface area contributed by atoms with Crippen molar-refractivity contribution < 1.29 is 4.74 Å². The summed E-state index contributed by atoms with van der Waals surface area (Å²) in [6.07, 6.45) is 3.91. The molecule has 1 aromatic heterocycles. The summed E-state index contributed by atoms with van der Waals surface area (Å²) < 4.78 is 6.12. The van der Waals surface area contributed by atoms with Gasteiger partial charge >= 0.3 is 0 Å². The molecule has 3 nitrogen and oxygen atoms in total. The summed E-state index contributed by atoms with van der Waals surface area (Å²) in [7, 11) is 0. The molecular weight excluding hydrogens is 308 g/mol. The average molecular weight is 333 g/mol. The monoisotopic (exact) mass is 332 g/mol. The van der Waals surface area contributed by atoms with Gasteiger partial charge in [-0.25, -0.2) is 0 Å². The smallest absolute Gasteiger partial charge is 0.140 e. The van der Waals surface area contributed by atoms with E-state index in [-0.39, 0.29) is 12.4 Å². The molecule has 2 atom stereocenters. The van der Waals surface area contributed by atoms with E-state index in [1.807, 2.05) is 18.3 Å². The molecule has 1 aromatic carbocycles. The molecule has 2 heterocycles. The van der Waals surface area contributed by atoms with Crippen molar-refractivity contribution in [2.45, 2.75) is 25.7 Å². The fourth-order valence-corrected chi connectivity index (χ4v) is 3.25. The molecule has 3 rings (SSSR count). The molecule has 124 valence electrons. The molecule has 0 unspecified atom stereocenters. The number of piperidine rings is 1. The summed E-state index contributed by atoms with van der Waals surface area (Å²) in [6, 6.07) is 14.8. The number of hydrogen-bond acceptors (Lipinski definition) is 3. The second-order valence-electron chi connectivity index (χ2n) is 5.88. The van der Waals surface area contributed by atoms with Crippen molar-refractivity contribution in [2.24, 2.45) is 5.92 Å².